The number of aliphatic hydroxyl groups excluding tert-OH is 1. The summed E-state index contributed by atoms with van der Waals surface area (Å²) in [5, 5.41) is 12.5. The summed E-state index contributed by atoms with van der Waals surface area (Å²) >= 11 is 0. The van der Waals surface area contributed by atoms with Gasteiger partial charge in [0.25, 0.3) is 0 Å². The van der Waals surface area contributed by atoms with Crippen LogP contribution in [0.5, 0.6) is 0 Å². The zero-order valence-electron chi connectivity index (χ0n) is 13.0. The van der Waals surface area contributed by atoms with E-state index >= 15 is 0 Å². The molecule has 0 aromatic rings. The van der Waals surface area contributed by atoms with E-state index in [1.807, 2.05) is 4.90 Å². The SMILES string of the molecule is O=C(NC1CCN(C2CCCC2)CC1)N1CCC[C@@H]1CO. The van der Waals surface area contributed by atoms with Gasteiger partial charge in [-0.3, -0.25) is 0 Å². The van der Waals surface area contributed by atoms with Gasteiger partial charge in [-0.15, -0.1) is 0 Å². The lowest BCUT2D eigenvalue weighted by Gasteiger charge is -2.37. The number of urea groups is 1. The van der Waals surface area contributed by atoms with Gasteiger partial charge in [0, 0.05) is 31.7 Å². The number of piperidine rings is 1. The lowest BCUT2D eigenvalue weighted by molar-refractivity contribution is 0.131. The van der Waals surface area contributed by atoms with E-state index in [-0.39, 0.29) is 18.7 Å². The maximum atomic E-state index is 12.3. The number of aliphatic hydroxyl groups is 1. The Balaban J connectivity index is 1.43. The lowest BCUT2D eigenvalue weighted by atomic mass is 10.0. The van der Waals surface area contributed by atoms with Crippen molar-refractivity contribution in [2.24, 2.45) is 0 Å². The Morgan fingerprint density at radius 1 is 1.00 bits per heavy atom. The molecule has 5 heteroatoms. The topological polar surface area (TPSA) is 55.8 Å². The second-order valence-corrected chi connectivity index (χ2v) is 6.87. The number of rotatable bonds is 3. The molecule has 0 aromatic heterocycles. The molecule has 2 aliphatic heterocycles. The van der Waals surface area contributed by atoms with Crippen LogP contribution in [0.25, 0.3) is 0 Å². The van der Waals surface area contributed by atoms with Crippen molar-refractivity contribution in [3.05, 3.63) is 0 Å². The summed E-state index contributed by atoms with van der Waals surface area (Å²) in [6, 6.07) is 1.18. The van der Waals surface area contributed by atoms with Gasteiger partial charge in [-0.05, 0) is 38.5 Å². The molecule has 2 amide bonds. The Hall–Kier alpha value is -0.810. The Bertz CT molecular complexity index is 349. The molecule has 1 saturated carbocycles. The van der Waals surface area contributed by atoms with Gasteiger partial charge in [0.2, 0.25) is 0 Å². The van der Waals surface area contributed by atoms with Crippen LogP contribution >= 0.6 is 0 Å². The van der Waals surface area contributed by atoms with E-state index in [4.69, 9.17) is 0 Å². The maximum Gasteiger partial charge on any atom is 0.317 e. The first-order valence-corrected chi connectivity index (χ1v) is 8.70. The van der Waals surface area contributed by atoms with E-state index in [2.05, 4.69) is 10.2 Å². The first-order chi connectivity index (χ1) is 10.3. The van der Waals surface area contributed by atoms with Gasteiger partial charge in [-0.25, -0.2) is 4.79 Å². The normalized spacial score (nSPS) is 29.2. The van der Waals surface area contributed by atoms with Crippen LogP contribution in [0.1, 0.15) is 51.4 Å². The van der Waals surface area contributed by atoms with Crippen molar-refractivity contribution >= 4 is 6.03 Å². The molecule has 1 aliphatic carbocycles. The zero-order valence-corrected chi connectivity index (χ0v) is 13.0. The third-order valence-electron chi connectivity index (χ3n) is 5.55. The lowest BCUT2D eigenvalue weighted by Crippen LogP contribution is -2.52. The number of hydrogen-bond donors (Lipinski definition) is 2. The van der Waals surface area contributed by atoms with Crippen LogP contribution in [0, 0.1) is 0 Å². The molecule has 2 heterocycles. The van der Waals surface area contributed by atoms with Crippen molar-refractivity contribution in [1.29, 1.82) is 0 Å². The molecule has 2 saturated heterocycles. The van der Waals surface area contributed by atoms with Crippen LogP contribution in [0.3, 0.4) is 0 Å². The first kappa shape index (κ1) is 15.1. The Morgan fingerprint density at radius 2 is 1.71 bits per heavy atom. The number of amides is 2. The summed E-state index contributed by atoms with van der Waals surface area (Å²) in [4.78, 5) is 16.8. The quantitative estimate of drug-likeness (QED) is 0.831. The molecule has 3 aliphatic rings. The van der Waals surface area contributed by atoms with E-state index in [0.29, 0.717) is 6.04 Å². The highest BCUT2D eigenvalue weighted by atomic mass is 16.3. The summed E-state index contributed by atoms with van der Waals surface area (Å²) in [6.45, 7) is 3.13. The fourth-order valence-electron chi connectivity index (χ4n) is 4.23. The first-order valence-electron chi connectivity index (χ1n) is 8.70. The van der Waals surface area contributed by atoms with Crippen LogP contribution in [-0.4, -0.2) is 65.3 Å². The number of nitrogens with one attached hydrogen (secondary N) is 1. The highest BCUT2D eigenvalue weighted by Crippen LogP contribution is 2.26. The van der Waals surface area contributed by atoms with E-state index in [9.17, 15) is 9.90 Å². The van der Waals surface area contributed by atoms with Crippen LogP contribution in [0.15, 0.2) is 0 Å². The van der Waals surface area contributed by atoms with Crippen molar-refractivity contribution in [2.75, 3.05) is 26.2 Å². The van der Waals surface area contributed by atoms with Crippen LogP contribution in [0.4, 0.5) is 4.79 Å². The average molecular weight is 295 g/mol. The molecular weight excluding hydrogens is 266 g/mol. The summed E-state index contributed by atoms with van der Waals surface area (Å²) in [6.07, 6.45) is 9.59. The molecule has 0 aromatic carbocycles. The third-order valence-corrected chi connectivity index (χ3v) is 5.55. The minimum Gasteiger partial charge on any atom is -0.394 e. The number of carbonyl (C=O) groups is 1. The van der Waals surface area contributed by atoms with Gasteiger partial charge >= 0.3 is 6.03 Å². The predicted molar refractivity (Wildman–Crippen MR) is 82.2 cm³/mol. The Kier molecular flexibility index (Phi) is 5.01. The van der Waals surface area contributed by atoms with Crippen molar-refractivity contribution < 1.29 is 9.90 Å². The molecule has 21 heavy (non-hydrogen) atoms. The molecular formula is C16H29N3O2. The fraction of sp³-hybridized carbons (Fsp3) is 0.938. The summed E-state index contributed by atoms with van der Waals surface area (Å²) in [5.41, 5.74) is 0. The number of carbonyl (C=O) groups excluding carboxylic acids is 1. The Morgan fingerprint density at radius 3 is 2.38 bits per heavy atom. The largest absolute Gasteiger partial charge is 0.394 e. The van der Waals surface area contributed by atoms with Crippen molar-refractivity contribution in [3.8, 4) is 0 Å². The molecule has 5 nitrogen and oxygen atoms in total. The van der Waals surface area contributed by atoms with Crippen LogP contribution < -0.4 is 5.32 Å². The Labute approximate surface area is 127 Å². The molecule has 3 rings (SSSR count). The minimum atomic E-state index is 0.0311. The van der Waals surface area contributed by atoms with Gasteiger partial charge in [-0.1, -0.05) is 12.8 Å². The van der Waals surface area contributed by atoms with Gasteiger partial charge in [0.05, 0.1) is 12.6 Å². The molecule has 2 N–H and O–H groups in total. The second kappa shape index (κ2) is 6.97. The van der Waals surface area contributed by atoms with E-state index in [1.54, 1.807) is 0 Å². The second-order valence-electron chi connectivity index (χ2n) is 6.87. The van der Waals surface area contributed by atoms with Gasteiger partial charge < -0.3 is 20.2 Å². The van der Waals surface area contributed by atoms with Gasteiger partial charge in [0.1, 0.15) is 0 Å². The number of hydrogen-bond acceptors (Lipinski definition) is 3. The molecule has 1 atom stereocenters. The summed E-state index contributed by atoms with van der Waals surface area (Å²) < 4.78 is 0. The van der Waals surface area contributed by atoms with Gasteiger partial charge in [-0.2, -0.15) is 0 Å². The van der Waals surface area contributed by atoms with Gasteiger partial charge in [0.15, 0.2) is 0 Å². The van der Waals surface area contributed by atoms with Crippen molar-refractivity contribution in [1.82, 2.24) is 15.1 Å². The van der Waals surface area contributed by atoms with Crippen molar-refractivity contribution in [3.63, 3.8) is 0 Å². The monoisotopic (exact) mass is 295 g/mol. The molecule has 3 fully saturated rings. The highest BCUT2D eigenvalue weighted by Gasteiger charge is 2.31. The molecule has 0 bridgehead atoms. The third kappa shape index (κ3) is 3.51. The summed E-state index contributed by atoms with van der Waals surface area (Å²) in [7, 11) is 0. The van der Waals surface area contributed by atoms with Crippen LogP contribution in [0.2, 0.25) is 0 Å². The number of likely N-dealkylation sites (tertiary alicyclic amines) is 2. The molecule has 0 radical (unpaired) electrons. The maximum absolute atomic E-state index is 12.3. The average Bonchev–Trinajstić information content (AvgIpc) is 3.19. The minimum absolute atomic E-state index is 0.0311. The van der Waals surface area contributed by atoms with Crippen molar-refractivity contribution in [2.45, 2.75) is 69.5 Å². The predicted octanol–water partition coefficient (Wildman–Crippen LogP) is 1.56. The van der Waals surface area contributed by atoms with E-state index < -0.39 is 0 Å². The van der Waals surface area contributed by atoms with E-state index in [0.717, 1.165) is 51.4 Å². The molecule has 0 unspecified atom stereocenters. The van der Waals surface area contributed by atoms with Crippen LogP contribution in [-0.2, 0) is 0 Å². The standard InChI is InChI=1S/C16H29N3O2/c20-12-15-6-3-9-19(15)16(21)17-13-7-10-18(11-8-13)14-4-1-2-5-14/h13-15,20H,1-12H2,(H,17,21)/t15-/m1/s1. The highest BCUT2D eigenvalue weighted by molar-refractivity contribution is 5.75. The summed E-state index contributed by atoms with van der Waals surface area (Å²) in [5.74, 6) is 0. The molecule has 0 spiro atoms. The molecule has 120 valence electrons. The van der Waals surface area contributed by atoms with E-state index in [1.165, 1.54) is 25.7 Å². The zero-order chi connectivity index (χ0) is 14.7. The smallest absolute Gasteiger partial charge is 0.317 e. The fourth-order valence-corrected chi connectivity index (χ4v) is 4.23. The number of nitrogens with zero attached hydrogens (tertiary/aromatic N) is 2.